The molecule has 0 saturated heterocycles. The summed E-state index contributed by atoms with van der Waals surface area (Å²) in [5, 5.41) is 11.3. The van der Waals surface area contributed by atoms with Crippen LogP contribution in [0.4, 0.5) is 4.39 Å². The summed E-state index contributed by atoms with van der Waals surface area (Å²) in [4.78, 5) is 38.8. The second-order valence-electron chi connectivity index (χ2n) is 10.6. The molecule has 4 rings (SSSR count). The first kappa shape index (κ1) is 21.4. The van der Waals surface area contributed by atoms with Crippen LogP contribution in [0.2, 0.25) is 0 Å². The third-order valence-electron chi connectivity index (χ3n) is 8.72. The van der Waals surface area contributed by atoms with Crippen LogP contribution >= 0.6 is 0 Å². The molecule has 0 heterocycles. The Bertz CT molecular complexity index is 863. The number of rotatable bonds is 2. The molecule has 0 spiro atoms. The Labute approximate surface area is 177 Å². The van der Waals surface area contributed by atoms with Gasteiger partial charge < -0.3 is 10.0 Å². The first-order valence-corrected chi connectivity index (χ1v) is 10.9. The lowest BCUT2D eigenvalue weighted by Crippen LogP contribution is -2.58. The van der Waals surface area contributed by atoms with E-state index < -0.39 is 40.7 Å². The van der Waals surface area contributed by atoms with Crippen LogP contribution in [0.5, 0.6) is 0 Å². The van der Waals surface area contributed by atoms with Crippen molar-refractivity contribution in [3.8, 4) is 0 Å². The van der Waals surface area contributed by atoms with E-state index in [4.69, 9.17) is 0 Å². The number of hydrogen-bond donors (Lipinski definition) is 1. The lowest BCUT2D eigenvalue weighted by Gasteiger charge is -2.59. The van der Waals surface area contributed by atoms with Gasteiger partial charge in [-0.1, -0.05) is 26.8 Å². The van der Waals surface area contributed by atoms with Crippen molar-refractivity contribution in [2.45, 2.75) is 52.3 Å². The van der Waals surface area contributed by atoms with Crippen molar-refractivity contribution >= 4 is 17.5 Å². The second kappa shape index (κ2) is 6.84. The average Bonchev–Trinajstić information content (AvgIpc) is 2.91. The summed E-state index contributed by atoms with van der Waals surface area (Å²) in [6, 6.07) is 0. The number of nitrogens with zero attached hydrogens (tertiary/aromatic N) is 1. The molecule has 0 aliphatic heterocycles. The Morgan fingerprint density at radius 1 is 1.23 bits per heavy atom. The van der Waals surface area contributed by atoms with Crippen LogP contribution in [0.1, 0.15) is 40.0 Å². The number of aliphatic hydroxyl groups is 1. The minimum absolute atomic E-state index is 0.00590. The van der Waals surface area contributed by atoms with E-state index in [0.717, 1.165) is 6.42 Å². The standard InChI is InChI=1S/C24H32FNO4/c1-12-8-15-14-10-17(25)16-9-13(27)6-7-23(16,2)20(14)18(28)11-24(15,3)19(12)21(29)22(30)26(4)5/h6-7,9,12,14-15,17-20,28H,8,10-11H2,1-5H3/t12-,14+,15+,17+,18+,19-,20-,23+,24+/m1/s1. The van der Waals surface area contributed by atoms with Gasteiger partial charge in [0.1, 0.15) is 6.17 Å². The van der Waals surface area contributed by atoms with Crippen molar-refractivity contribution < 1.29 is 23.9 Å². The van der Waals surface area contributed by atoms with Gasteiger partial charge in [0.05, 0.1) is 6.10 Å². The summed E-state index contributed by atoms with van der Waals surface area (Å²) in [6.45, 7) is 5.93. The molecule has 0 aromatic carbocycles. The fraction of sp³-hybridized carbons (Fsp3) is 0.708. The molecule has 5 nitrogen and oxygen atoms in total. The van der Waals surface area contributed by atoms with Crippen molar-refractivity contribution in [1.29, 1.82) is 0 Å². The van der Waals surface area contributed by atoms with Crippen LogP contribution in [0.3, 0.4) is 0 Å². The number of carbonyl (C=O) groups excluding carboxylic acids is 3. The van der Waals surface area contributed by atoms with E-state index in [1.54, 1.807) is 20.2 Å². The number of allylic oxidation sites excluding steroid dienone is 4. The quantitative estimate of drug-likeness (QED) is 0.701. The number of alkyl halides is 1. The van der Waals surface area contributed by atoms with Gasteiger partial charge in [-0.3, -0.25) is 14.4 Å². The van der Waals surface area contributed by atoms with E-state index in [-0.39, 0.29) is 35.9 Å². The van der Waals surface area contributed by atoms with Gasteiger partial charge >= 0.3 is 0 Å². The molecule has 9 atom stereocenters. The maximum atomic E-state index is 15.3. The van der Waals surface area contributed by atoms with Crippen LogP contribution < -0.4 is 0 Å². The van der Waals surface area contributed by atoms with Gasteiger partial charge in [0.15, 0.2) is 5.78 Å². The molecular formula is C24H32FNO4. The Hall–Kier alpha value is -1.82. The number of halogens is 1. The Morgan fingerprint density at radius 3 is 2.53 bits per heavy atom. The maximum Gasteiger partial charge on any atom is 0.289 e. The van der Waals surface area contributed by atoms with Gasteiger partial charge in [0, 0.05) is 31.3 Å². The van der Waals surface area contributed by atoms with Crippen LogP contribution in [0.25, 0.3) is 0 Å². The van der Waals surface area contributed by atoms with E-state index in [2.05, 4.69) is 0 Å². The van der Waals surface area contributed by atoms with Crippen LogP contribution in [-0.4, -0.2) is 53.9 Å². The molecule has 30 heavy (non-hydrogen) atoms. The highest BCUT2D eigenvalue weighted by Gasteiger charge is 2.66. The van der Waals surface area contributed by atoms with Gasteiger partial charge in [0.2, 0.25) is 5.78 Å². The molecule has 4 aliphatic rings. The highest BCUT2D eigenvalue weighted by atomic mass is 19.1. The molecule has 3 saturated carbocycles. The number of amides is 1. The topological polar surface area (TPSA) is 74.7 Å². The van der Waals surface area contributed by atoms with Gasteiger partial charge in [-0.2, -0.15) is 0 Å². The van der Waals surface area contributed by atoms with E-state index >= 15 is 4.39 Å². The number of hydrogen-bond acceptors (Lipinski definition) is 4. The molecule has 3 fully saturated rings. The van der Waals surface area contributed by atoms with Crippen molar-refractivity contribution in [2.24, 2.45) is 40.4 Å². The largest absolute Gasteiger partial charge is 0.393 e. The lowest BCUT2D eigenvalue weighted by molar-refractivity contribution is -0.154. The number of fused-ring (bicyclic) bond motifs is 5. The summed E-state index contributed by atoms with van der Waals surface area (Å²) in [5.41, 5.74) is -0.781. The molecule has 164 valence electrons. The third kappa shape index (κ3) is 2.79. The van der Waals surface area contributed by atoms with Crippen molar-refractivity contribution in [1.82, 2.24) is 4.90 Å². The molecule has 1 N–H and O–H groups in total. The monoisotopic (exact) mass is 417 g/mol. The zero-order chi connectivity index (χ0) is 22.2. The van der Waals surface area contributed by atoms with Gasteiger partial charge in [-0.05, 0) is 60.2 Å². The first-order valence-electron chi connectivity index (χ1n) is 10.9. The van der Waals surface area contributed by atoms with Gasteiger partial charge in [0.25, 0.3) is 5.91 Å². The predicted octanol–water partition coefficient (Wildman–Crippen LogP) is 2.73. The van der Waals surface area contributed by atoms with Crippen molar-refractivity contribution in [3.05, 3.63) is 23.8 Å². The number of likely N-dealkylation sites (N-methyl/N-ethyl adjacent to an activating group) is 1. The third-order valence-corrected chi connectivity index (χ3v) is 8.72. The summed E-state index contributed by atoms with van der Waals surface area (Å²) in [5.74, 6) is -1.86. The van der Waals surface area contributed by atoms with E-state index in [9.17, 15) is 19.5 Å². The predicted molar refractivity (Wildman–Crippen MR) is 110 cm³/mol. The zero-order valence-electron chi connectivity index (χ0n) is 18.4. The van der Waals surface area contributed by atoms with E-state index in [1.165, 1.54) is 17.1 Å². The smallest absolute Gasteiger partial charge is 0.289 e. The SMILES string of the molecule is C[C@@H]1C[C@H]2[C@@H]3C[C@H](F)C4=CC(=O)C=C[C@]4(C)[C@H]3[C@@H](O)C[C@]2(C)[C@H]1C(=O)C(=O)N(C)C. The Morgan fingerprint density at radius 2 is 1.90 bits per heavy atom. The highest BCUT2D eigenvalue weighted by molar-refractivity contribution is 6.37. The number of Topliss-reactive ketones (excluding diaryl/α,β-unsaturated/α-hetero) is 1. The fourth-order valence-corrected chi connectivity index (χ4v) is 7.61. The fourth-order valence-electron chi connectivity index (χ4n) is 7.61. The molecule has 1 amide bonds. The molecule has 0 unspecified atom stereocenters. The van der Waals surface area contributed by atoms with Crippen LogP contribution in [0.15, 0.2) is 23.8 Å². The first-order chi connectivity index (χ1) is 13.9. The summed E-state index contributed by atoms with van der Waals surface area (Å²) in [7, 11) is 3.15. The molecular weight excluding hydrogens is 385 g/mol. The zero-order valence-corrected chi connectivity index (χ0v) is 18.4. The summed E-state index contributed by atoms with van der Waals surface area (Å²) in [6.07, 6.45) is 4.09. The second-order valence-corrected chi connectivity index (χ2v) is 10.6. The highest BCUT2D eigenvalue weighted by Crippen LogP contribution is 2.67. The van der Waals surface area contributed by atoms with Gasteiger partial charge in [-0.25, -0.2) is 4.39 Å². The molecule has 0 bridgehead atoms. The summed E-state index contributed by atoms with van der Waals surface area (Å²) < 4.78 is 15.3. The normalized spacial score (nSPS) is 47.1. The van der Waals surface area contributed by atoms with E-state index in [0.29, 0.717) is 12.0 Å². The summed E-state index contributed by atoms with van der Waals surface area (Å²) >= 11 is 0. The molecule has 0 aromatic heterocycles. The molecule has 4 aliphatic carbocycles. The minimum Gasteiger partial charge on any atom is -0.393 e. The number of carbonyl (C=O) groups is 3. The Balaban J connectivity index is 1.74. The van der Waals surface area contributed by atoms with Crippen LogP contribution in [0, 0.1) is 40.4 Å². The van der Waals surface area contributed by atoms with Crippen molar-refractivity contribution in [3.63, 3.8) is 0 Å². The Kier molecular flexibility index (Phi) is 4.88. The minimum atomic E-state index is -1.24. The maximum absolute atomic E-state index is 15.3. The number of ketones is 2. The number of aliphatic hydroxyl groups excluding tert-OH is 1. The molecule has 6 heteroatoms. The van der Waals surface area contributed by atoms with Crippen molar-refractivity contribution in [2.75, 3.05) is 14.1 Å². The van der Waals surface area contributed by atoms with E-state index in [1.807, 2.05) is 20.8 Å². The molecule has 0 radical (unpaired) electrons. The molecule has 0 aromatic rings. The van der Waals surface area contributed by atoms with Gasteiger partial charge in [-0.15, -0.1) is 0 Å². The van der Waals surface area contributed by atoms with Crippen LogP contribution in [-0.2, 0) is 14.4 Å². The average molecular weight is 418 g/mol. The lowest BCUT2D eigenvalue weighted by atomic mass is 9.46.